The Balaban J connectivity index is 2.16. The quantitative estimate of drug-likeness (QED) is 0.791. The van der Waals surface area contributed by atoms with Crippen molar-refractivity contribution < 1.29 is 4.74 Å². The third-order valence-electron chi connectivity index (χ3n) is 3.13. The topological polar surface area (TPSA) is 72.8 Å². The maximum atomic E-state index is 11.9. The van der Waals surface area contributed by atoms with E-state index >= 15 is 0 Å². The van der Waals surface area contributed by atoms with E-state index in [1.165, 1.54) is 0 Å². The van der Waals surface area contributed by atoms with Gasteiger partial charge in [-0.25, -0.2) is 14.8 Å². The SMILES string of the molecule is Cc1ncc2[nH]c(=O)n(C3CCOCC3)c2n1. The lowest BCUT2D eigenvalue weighted by atomic mass is 10.1. The van der Waals surface area contributed by atoms with Gasteiger partial charge in [-0.15, -0.1) is 0 Å². The molecule has 6 heteroatoms. The third kappa shape index (κ3) is 1.74. The summed E-state index contributed by atoms with van der Waals surface area (Å²) in [5, 5.41) is 0. The van der Waals surface area contributed by atoms with Crippen LogP contribution < -0.4 is 5.69 Å². The van der Waals surface area contributed by atoms with Gasteiger partial charge in [0.15, 0.2) is 5.65 Å². The summed E-state index contributed by atoms with van der Waals surface area (Å²) < 4.78 is 7.06. The molecule has 1 N–H and O–H groups in total. The van der Waals surface area contributed by atoms with Crippen LogP contribution in [0.1, 0.15) is 24.7 Å². The van der Waals surface area contributed by atoms with Crippen molar-refractivity contribution in [2.45, 2.75) is 25.8 Å². The van der Waals surface area contributed by atoms with Gasteiger partial charge < -0.3 is 9.72 Å². The first-order chi connectivity index (χ1) is 8.25. The standard InChI is InChI=1S/C11H14N4O2/c1-7-12-6-9-10(13-7)15(11(16)14-9)8-2-4-17-5-3-8/h6,8H,2-5H2,1H3,(H,14,16). The molecule has 1 fully saturated rings. The zero-order valence-electron chi connectivity index (χ0n) is 9.64. The van der Waals surface area contributed by atoms with E-state index in [2.05, 4.69) is 15.0 Å². The van der Waals surface area contributed by atoms with Gasteiger partial charge in [-0.3, -0.25) is 4.57 Å². The number of hydrogen-bond acceptors (Lipinski definition) is 4. The highest BCUT2D eigenvalue weighted by molar-refractivity contribution is 5.69. The van der Waals surface area contributed by atoms with E-state index in [0.29, 0.717) is 30.2 Å². The fourth-order valence-corrected chi connectivity index (χ4v) is 2.28. The number of ether oxygens (including phenoxy) is 1. The van der Waals surface area contributed by atoms with E-state index in [0.717, 1.165) is 12.8 Å². The molecule has 0 bridgehead atoms. The Kier molecular flexibility index (Phi) is 2.44. The van der Waals surface area contributed by atoms with Gasteiger partial charge in [0.1, 0.15) is 11.3 Å². The maximum absolute atomic E-state index is 11.9. The molecule has 0 spiro atoms. The molecule has 0 aromatic carbocycles. The molecule has 0 radical (unpaired) electrons. The molecule has 3 heterocycles. The van der Waals surface area contributed by atoms with E-state index in [1.54, 1.807) is 10.8 Å². The first-order valence-corrected chi connectivity index (χ1v) is 5.77. The highest BCUT2D eigenvalue weighted by Crippen LogP contribution is 2.22. The van der Waals surface area contributed by atoms with Crippen molar-refractivity contribution in [3.05, 3.63) is 22.5 Å². The van der Waals surface area contributed by atoms with Gasteiger partial charge in [0.2, 0.25) is 0 Å². The minimum absolute atomic E-state index is 0.105. The normalized spacial score (nSPS) is 17.7. The van der Waals surface area contributed by atoms with Crippen LogP contribution in [-0.2, 0) is 4.74 Å². The van der Waals surface area contributed by atoms with Gasteiger partial charge in [-0.1, -0.05) is 0 Å². The molecule has 3 rings (SSSR count). The molecule has 1 saturated heterocycles. The number of nitrogens with one attached hydrogen (secondary N) is 1. The van der Waals surface area contributed by atoms with Crippen LogP contribution in [0.4, 0.5) is 0 Å². The Labute approximate surface area is 97.7 Å². The van der Waals surface area contributed by atoms with Gasteiger partial charge in [0, 0.05) is 19.3 Å². The number of nitrogens with zero attached hydrogens (tertiary/aromatic N) is 3. The van der Waals surface area contributed by atoms with E-state index in [9.17, 15) is 4.79 Å². The molecule has 0 aliphatic carbocycles. The van der Waals surface area contributed by atoms with Crippen LogP contribution in [0, 0.1) is 6.92 Å². The molecule has 17 heavy (non-hydrogen) atoms. The van der Waals surface area contributed by atoms with Crippen molar-refractivity contribution in [2.75, 3.05) is 13.2 Å². The lowest BCUT2D eigenvalue weighted by Crippen LogP contribution is -2.27. The molecule has 0 unspecified atom stereocenters. The summed E-state index contributed by atoms with van der Waals surface area (Å²) >= 11 is 0. The Bertz CT molecular complexity index is 595. The number of aromatic nitrogens is 4. The fraction of sp³-hybridized carbons (Fsp3) is 0.545. The summed E-state index contributed by atoms with van der Waals surface area (Å²) in [7, 11) is 0. The molecule has 0 saturated carbocycles. The number of hydrogen-bond donors (Lipinski definition) is 1. The molecule has 6 nitrogen and oxygen atoms in total. The van der Waals surface area contributed by atoms with Crippen molar-refractivity contribution >= 4 is 11.2 Å². The average molecular weight is 234 g/mol. The number of H-pyrrole nitrogens is 1. The minimum Gasteiger partial charge on any atom is -0.381 e. The molecule has 0 amide bonds. The molecule has 2 aromatic heterocycles. The summed E-state index contributed by atoms with van der Waals surface area (Å²) in [6.07, 6.45) is 3.38. The lowest BCUT2D eigenvalue weighted by molar-refractivity contribution is 0.0697. The van der Waals surface area contributed by atoms with Crippen molar-refractivity contribution in [1.29, 1.82) is 0 Å². The number of aryl methyl sites for hydroxylation is 1. The summed E-state index contributed by atoms with van der Waals surface area (Å²) in [6, 6.07) is 0.180. The van der Waals surface area contributed by atoms with E-state index in [1.807, 2.05) is 6.92 Å². The Morgan fingerprint density at radius 2 is 2.24 bits per heavy atom. The minimum atomic E-state index is -0.105. The van der Waals surface area contributed by atoms with Crippen LogP contribution in [0.5, 0.6) is 0 Å². The zero-order valence-corrected chi connectivity index (χ0v) is 9.64. The summed E-state index contributed by atoms with van der Waals surface area (Å²) in [5.41, 5.74) is 1.30. The molecule has 2 aromatic rings. The van der Waals surface area contributed by atoms with Crippen molar-refractivity contribution in [3.8, 4) is 0 Å². The predicted octanol–water partition coefficient (Wildman–Crippen LogP) is 0.780. The first kappa shape index (κ1) is 10.5. The summed E-state index contributed by atoms with van der Waals surface area (Å²) in [6.45, 7) is 3.23. The Morgan fingerprint density at radius 1 is 1.47 bits per heavy atom. The first-order valence-electron chi connectivity index (χ1n) is 5.77. The molecular formula is C11H14N4O2. The Hall–Kier alpha value is -1.69. The van der Waals surface area contributed by atoms with Crippen LogP contribution in [-0.4, -0.2) is 32.7 Å². The van der Waals surface area contributed by atoms with Gasteiger partial charge in [-0.05, 0) is 19.8 Å². The molecular weight excluding hydrogens is 220 g/mol. The van der Waals surface area contributed by atoms with Crippen LogP contribution in [0.15, 0.2) is 11.0 Å². The molecule has 90 valence electrons. The van der Waals surface area contributed by atoms with E-state index in [4.69, 9.17) is 4.74 Å². The largest absolute Gasteiger partial charge is 0.381 e. The fourth-order valence-electron chi connectivity index (χ4n) is 2.28. The summed E-state index contributed by atoms with van der Waals surface area (Å²) in [5.74, 6) is 0.678. The highest BCUT2D eigenvalue weighted by atomic mass is 16.5. The van der Waals surface area contributed by atoms with Crippen LogP contribution in [0.2, 0.25) is 0 Å². The van der Waals surface area contributed by atoms with Crippen molar-refractivity contribution in [3.63, 3.8) is 0 Å². The number of rotatable bonds is 1. The van der Waals surface area contributed by atoms with E-state index in [-0.39, 0.29) is 11.7 Å². The smallest absolute Gasteiger partial charge is 0.327 e. The predicted molar refractivity (Wildman–Crippen MR) is 62.0 cm³/mol. The number of imidazole rings is 1. The van der Waals surface area contributed by atoms with Gasteiger partial charge in [-0.2, -0.15) is 0 Å². The van der Waals surface area contributed by atoms with Crippen molar-refractivity contribution in [1.82, 2.24) is 19.5 Å². The monoisotopic (exact) mass is 234 g/mol. The number of aromatic amines is 1. The maximum Gasteiger partial charge on any atom is 0.327 e. The van der Waals surface area contributed by atoms with Crippen LogP contribution >= 0.6 is 0 Å². The van der Waals surface area contributed by atoms with Crippen LogP contribution in [0.3, 0.4) is 0 Å². The molecule has 1 aliphatic rings. The highest BCUT2D eigenvalue weighted by Gasteiger charge is 2.20. The Morgan fingerprint density at radius 3 is 3.00 bits per heavy atom. The van der Waals surface area contributed by atoms with Gasteiger partial charge in [0.25, 0.3) is 0 Å². The van der Waals surface area contributed by atoms with Crippen LogP contribution in [0.25, 0.3) is 11.2 Å². The second-order valence-electron chi connectivity index (χ2n) is 4.30. The summed E-state index contributed by atoms with van der Waals surface area (Å²) in [4.78, 5) is 23.2. The second-order valence-corrected chi connectivity index (χ2v) is 4.30. The van der Waals surface area contributed by atoms with Crippen molar-refractivity contribution in [2.24, 2.45) is 0 Å². The zero-order chi connectivity index (χ0) is 11.8. The number of fused-ring (bicyclic) bond motifs is 1. The average Bonchev–Trinajstić information content (AvgIpc) is 2.65. The second kappa shape index (κ2) is 3.96. The molecule has 0 atom stereocenters. The third-order valence-corrected chi connectivity index (χ3v) is 3.13. The van der Waals surface area contributed by atoms with Gasteiger partial charge >= 0.3 is 5.69 Å². The lowest BCUT2D eigenvalue weighted by Gasteiger charge is -2.22. The van der Waals surface area contributed by atoms with E-state index < -0.39 is 0 Å². The molecule has 1 aliphatic heterocycles. The van der Waals surface area contributed by atoms with Gasteiger partial charge in [0.05, 0.1) is 6.20 Å².